The van der Waals surface area contributed by atoms with Gasteiger partial charge in [-0.05, 0) is 34.5 Å². The molecule has 1 aliphatic rings. The lowest BCUT2D eigenvalue weighted by molar-refractivity contribution is 0.551. The normalized spacial score (nSPS) is 22.9. The van der Waals surface area contributed by atoms with Gasteiger partial charge in [-0.1, -0.05) is 27.7 Å². The predicted octanol–water partition coefficient (Wildman–Crippen LogP) is 3.92. The number of aromatic nitrogens is 1. The first kappa shape index (κ1) is 17.1. The van der Waals surface area contributed by atoms with Gasteiger partial charge in [0.15, 0.2) is 0 Å². The zero-order valence-electron chi connectivity index (χ0n) is 13.4. The Morgan fingerprint density at radius 1 is 1.38 bits per heavy atom. The van der Waals surface area contributed by atoms with Crippen LogP contribution in [0, 0.1) is 5.92 Å². The Morgan fingerprint density at radius 2 is 2.05 bits per heavy atom. The highest BCUT2D eigenvalue weighted by Crippen LogP contribution is 2.30. The van der Waals surface area contributed by atoms with Gasteiger partial charge in [0.1, 0.15) is 5.82 Å². The smallest absolute Gasteiger partial charge is 0.133 e. The Morgan fingerprint density at radius 3 is 2.67 bits per heavy atom. The molecule has 2 heterocycles. The minimum atomic E-state index is 0.663. The zero-order valence-corrected chi connectivity index (χ0v) is 15.8. The van der Waals surface area contributed by atoms with Crippen LogP contribution in [-0.2, 0) is 6.54 Å². The second-order valence-electron chi connectivity index (χ2n) is 6.32. The Kier molecular flexibility index (Phi) is 6.38. The third-order valence-electron chi connectivity index (χ3n) is 3.50. The summed E-state index contributed by atoms with van der Waals surface area (Å²) in [5, 5.41) is 4.86. The van der Waals surface area contributed by atoms with Gasteiger partial charge in [0.05, 0.1) is 0 Å². The fourth-order valence-electron chi connectivity index (χ4n) is 2.74. The number of anilines is 1. The maximum Gasteiger partial charge on any atom is 0.133 e. The van der Waals surface area contributed by atoms with Gasteiger partial charge in [0.25, 0.3) is 0 Å². The molecular formula is C16H26BrN3S. The van der Waals surface area contributed by atoms with Gasteiger partial charge in [-0.25, -0.2) is 4.98 Å². The third-order valence-corrected chi connectivity index (χ3v) is 5.16. The van der Waals surface area contributed by atoms with Crippen LogP contribution in [-0.4, -0.2) is 35.1 Å². The van der Waals surface area contributed by atoms with Crippen molar-refractivity contribution in [2.75, 3.05) is 24.5 Å². The van der Waals surface area contributed by atoms with Crippen LogP contribution < -0.4 is 10.2 Å². The molecule has 118 valence electrons. The number of halogens is 1. The van der Waals surface area contributed by atoms with Crippen LogP contribution >= 0.6 is 27.7 Å². The van der Waals surface area contributed by atoms with Crippen LogP contribution in [0.3, 0.4) is 0 Å². The van der Waals surface area contributed by atoms with Gasteiger partial charge < -0.3 is 10.2 Å². The summed E-state index contributed by atoms with van der Waals surface area (Å²) < 4.78 is 1.06. The van der Waals surface area contributed by atoms with E-state index >= 15 is 0 Å². The van der Waals surface area contributed by atoms with Crippen molar-refractivity contribution in [1.82, 2.24) is 10.3 Å². The van der Waals surface area contributed by atoms with Crippen molar-refractivity contribution in [3.05, 3.63) is 22.3 Å². The Bertz CT molecular complexity index is 457. The average molecular weight is 372 g/mol. The molecule has 0 saturated carbocycles. The van der Waals surface area contributed by atoms with E-state index in [4.69, 9.17) is 4.98 Å². The maximum atomic E-state index is 4.70. The van der Waals surface area contributed by atoms with Crippen LogP contribution in [0.4, 0.5) is 5.82 Å². The summed E-state index contributed by atoms with van der Waals surface area (Å²) in [7, 11) is 0. The molecule has 0 bridgehead atoms. The molecule has 0 spiro atoms. The average Bonchev–Trinajstić information content (AvgIpc) is 2.37. The summed E-state index contributed by atoms with van der Waals surface area (Å²) in [5.41, 5.74) is 1.29. The third kappa shape index (κ3) is 5.15. The molecule has 2 unspecified atom stereocenters. The molecule has 0 amide bonds. The Hall–Kier alpha value is -0.260. The molecule has 1 aliphatic heterocycles. The molecule has 21 heavy (non-hydrogen) atoms. The number of nitrogens with one attached hydrogen (secondary N) is 1. The van der Waals surface area contributed by atoms with E-state index < -0.39 is 0 Å². The summed E-state index contributed by atoms with van der Waals surface area (Å²) in [6.07, 6.45) is 1.92. The number of rotatable bonds is 5. The highest BCUT2D eigenvalue weighted by Gasteiger charge is 2.24. The number of hydrogen-bond acceptors (Lipinski definition) is 4. The maximum absolute atomic E-state index is 4.70. The van der Waals surface area contributed by atoms with E-state index in [1.54, 1.807) is 0 Å². The summed E-state index contributed by atoms with van der Waals surface area (Å²) in [6, 6.07) is 2.20. The Balaban J connectivity index is 2.13. The van der Waals surface area contributed by atoms with Gasteiger partial charge in [-0.15, -0.1) is 0 Å². The standard InChI is InChI=1S/C16H26BrN3S/c1-11(2)6-18-7-14-5-15(17)8-19-16(14)20-9-12(3)21-13(4)10-20/h5,8,11-13,18H,6-7,9-10H2,1-4H3. The van der Waals surface area contributed by atoms with Crippen LogP contribution in [0.5, 0.6) is 0 Å². The van der Waals surface area contributed by atoms with Crippen LogP contribution in [0.1, 0.15) is 33.3 Å². The molecule has 2 atom stereocenters. The largest absolute Gasteiger partial charge is 0.354 e. The number of thioether (sulfide) groups is 1. The van der Waals surface area contributed by atoms with E-state index in [-0.39, 0.29) is 0 Å². The molecule has 1 aromatic rings. The van der Waals surface area contributed by atoms with E-state index in [0.29, 0.717) is 16.4 Å². The van der Waals surface area contributed by atoms with Crippen LogP contribution in [0.25, 0.3) is 0 Å². The van der Waals surface area contributed by atoms with E-state index in [9.17, 15) is 0 Å². The molecule has 3 nitrogen and oxygen atoms in total. The SMILES string of the molecule is CC(C)CNCc1cc(Br)cnc1N1CC(C)SC(C)C1. The van der Waals surface area contributed by atoms with Gasteiger partial charge in [0, 0.05) is 46.4 Å². The fourth-order valence-corrected chi connectivity index (χ4v) is 4.44. The summed E-state index contributed by atoms with van der Waals surface area (Å²) in [6.45, 7) is 13.2. The number of hydrogen-bond donors (Lipinski definition) is 1. The zero-order chi connectivity index (χ0) is 15.4. The van der Waals surface area contributed by atoms with Crippen molar-refractivity contribution >= 4 is 33.5 Å². The van der Waals surface area contributed by atoms with Crippen molar-refractivity contribution in [1.29, 1.82) is 0 Å². The lowest BCUT2D eigenvalue weighted by atomic mass is 10.2. The highest BCUT2D eigenvalue weighted by molar-refractivity contribution is 9.10. The van der Waals surface area contributed by atoms with Crippen molar-refractivity contribution in [3.8, 4) is 0 Å². The first-order valence-corrected chi connectivity index (χ1v) is 9.44. The molecule has 1 aromatic heterocycles. The lowest BCUT2D eigenvalue weighted by Crippen LogP contribution is -2.41. The minimum absolute atomic E-state index is 0.663. The van der Waals surface area contributed by atoms with Crippen molar-refractivity contribution < 1.29 is 0 Å². The second kappa shape index (κ2) is 7.84. The predicted molar refractivity (Wildman–Crippen MR) is 97.2 cm³/mol. The second-order valence-corrected chi connectivity index (χ2v) is 9.12. The van der Waals surface area contributed by atoms with Gasteiger partial charge in [-0.3, -0.25) is 0 Å². The molecule has 1 N–H and O–H groups in total. The molecule has 1 saturated heterocycles. The molecule has 0 radical (unpaired) electrons. The van der Waals surface area contributed by atoms with E-state index in [1.165, 1.54) is 5.56 Å². The summed E-state index contributed by atoms with van der Waals surface area (Å²) in [5.74, 6) is 1.81. The molecule has 5 heteroatoms. The monoisotopic (exact) mass is 371 g/mol. The Labute approximate surface area is 141 Å². The number of nitrogens with zero attached hydrogens (tertiary/aromatic N) is 2. The molecule has 2 rings (SSSR count). The van der Waals surface area contributed by atoms with Crippen molar-refractivity contribution in [2.45, 2.75) is 44.7 Å². The molecule has 1 fully saturated rings. The minimum Gasteiger partial charge on any atom is -0.354 e. The first-order valence-electron chi connectivity index (χ1n) is 7.71. The van der Waals surface area contributed by atoms with Crippen LogP contribution in [0.15, 0.2) is 16.7 Å². The fraction of sp³-hybridized carbons (Fsp3) is 0.688. The summed E-state index contributed by atoms with van der Waals surface area (Å²) >= 11 is 5.63. The highest BCUT2D eigenvalue weighted by atomic mass is 79.9. The first-order chi connectivity index (χ1) is 9.95. The van der Waals surface area contributed by atoms with E-state index in [2.05, 4.69) is 71.7 Å². The molecule has 0 aliphatic carbocycles. The van der Waals surface area contributed by atoms with Crippen molar-refractivity contribution in [3.63, 3.8) is 0 Å². The quantitative estimate of drug-likeness (QED) is 0.848. The lowest BCUT2D eigenvalue weighted by Gasteiger charge is -2.36. The molecule has 0 aromatic carbocycles. The van der Waals surface area contributed by atoms with Gasteiger partial charge >= 0.3 is 0 Å². The van der Waals surface area contributed by atoms with E-state index in [1.807, 2.05) is 6.20 Å². The van der Waals surface area contributed by atoms with Gasteiger partial charge in [-0.2, -0.15) is 11.8 Å². The number of pyridine rings is 1. The summed E-state index contributed by atoms with van der Waals surface area (Å²) in [4.78, 5) is 7.15. The molecular weight excluding hydrogens is 346 g/mol. The topological polar surface area (TPSA) is 28.2 Å². The van der Waals surface area contributed by atoms with Gasteiger partial charge in [0.2, 0.25) is 0 Å². The van der Waals surface area contributed by atoms with Crippen LogP contribution in [0.2, 0.25) is 0 Å². The van der Waals surface area contributed by atoms with Crippen molar-refractivity contribution in [2.24, 2.45) is 5.92 Å². The van der Waals surface area contributed by atoms with E-state index in [0.717, 1.165) is 36.5 Å².